The van der Waals surface area contributed by atoms with Gasteiger partial charge in [0.1, 0.15) is 11.9 Å². The monoisotopic (exact) mass is 378 g/mol. The molecule has 28 heavy (non-hydrogen) atoms. The van der Waals surface area contributed by atoms with Crippen LogP contribution in [0.4, 0.5) is 14.9 Å². The van der Waals surface area contributed by atoms with E-state index in [-0.39, 0.29) is 11.9 Å². The van der Waals surface area contributed by atoms with Crippen molar-refractivity contribution in [3.05, 3.63) is 71.0 Å². The molecule has 1 N–H and O–H groups in total. The fourth-order valence-electron chi connectivity index (χ4n) is 4.71. The number of piperidine rings is 3. The Kier molecular flexibility index (Phi) is 4.40. The van der Waals surface area contributed by atoms with E-state index in [4.69, 9.17) is 4.74 Å². The Morgan fingerprint density at radius 1 is 1.11 bits per heavy atom. The molecule has 5 heteroatoms. The summed E-state index contributed by atoms with van der Waals surface area (Å²) in [5.41, 5.74) is 4.52. The molecule has 144 valence electrons. The van der Waals surface area contributed by atoms with E-state index in [2.05, 4.69) is 22.4 Å². The van der Waals surface area contributed by atoms with Gasteiger partial charge in [0.2, 0.25) is 0 Å². The van der Waals surface area contributed by atoms with Crippen molar-refractivity contribution < 1.29 is 13.9 Å². The fraction of sp³-hybridized carbons (Fsp3) is 0.348. The molecule has 4 aliphatic rings. The first-order valence-corrected chi connectivity index (χ1v) is 9.96. The van der Waals surface area contributed by atoms with Gasteiger partial charge in [0.05, 0.1) is 5.69 Å². The molecule has 3 aliphatic heterocycles. The topological polar surface area (TPSA) is 41.6 Å². The highest BCUT2D eigenvalue weighted by molar-refractivity contribution is 5.95. The number of carbonyl (C=O) groups is 1. The van der Waals surface area contributed by atoms with E-state index in [1.165, 1.54) is 17.7 Å². The average molecular weight is 378 g/mol. The van der Waals surface area contributed by atoms with Crippen molar-refractivity contribution in [2.45, 2.75) is 25.4 Å². The lowest BCUT2D eigenvalue weighted by Gasteiger charge is -2.43. The molecule has 3 heterocycles. The van der Waals surface area contributed by atoms with Crippen LogP contribution in [0.1, 0.15) is 29.5 Å². The van der Waals surface area contributed by atoms with Crippen molar-refractivity contribution in [3.8, 4) is 0 Å². The molecule has 0 radical (unpaired) electrons. The van der Waals surface area contributed by atoms with Gasteiger partial charge in [0.15, 0.2) is 0 Å². The van der Waals surface area contributed by atoms with E-state index in [0.717, 1.165) is 50.0 Å². The fourth-order valence-corrected chi connectivity index (χ4v) is 4.71. The van der Waals surface area contributed by atoms with Crippen LogP contribution in [0, 0.1) is 11.7 Å². The van der Waals surface area contributed by atoms with Crippen molar-refractivity contribution in [2.75, 3.05) is 25.0 Å². The van der Waals surface area contributed by atoms with Gasteiger partial charge in [0, 0.05) is 12.1 Å². The van der Waals surface area contributed by atoms with Gasteiger partial charge in [-0.15, -0.1) is 0 Å². The minimum Gasteiger partial charge on any atom is -0.444 e. The molecule has 2 aromatic carbocycles. The first-order chi connectivity index (χ1) is 13.7. The Balaban J connectivity index is 1.37. The Hall–Kier alpha value is -2.66. The minimum absolute atomic E-state index is 0.0576. The molecule has 1 amide bonds. The standard InChI is InChI=1S/C23H23FN2O2/c24-17-6-8-21(20(13-17)19-7-5-15-3-1-2-4-18(15)19)25-23(27)28-22-14-26-11-9-16(22)10-12-26/h1-4,6-8,13,16,22H,5,9-12,14H2,(H,25,27)/t22-/m0/s1. The summed E-state index contributed by atoms with van der Waals surface area (Å²) in [4.78, 5) is 14.9. The highest BCUT2D eigenvalue weighted by Crippen LogP contribution is 2.37. The summed E-state index contributed by atoms with van der Waals surface area (Å²) in [6, 6.07) is 12.6. The van der Waals surface area contributed by atoms with Gasteiger partial charge in [0.25, 0.3) is 0 Å². The van der Waals surface area contributed by atoms with Crippen LogP contribution in [0.3, 0.4) is 0 Å². The summed E-state index contributed by atoms with van der Waals surface area (Å²) in [7, 11) is 0. The SMILES string of the molecule is O=C(Nc1ccc(F)cc1C1=CCc2ccccc21)O[C@H]1CN2CCC1CC2. The summed E-state index contributed by atoms with van der Waals surface area (Å²) in [5, 5.41) is 2.87. The van der Waals surface area contributed by atoms with E-state index >= 15 is 0 Å². The maximum absolute atomic E-state index is 14.0. The van der Waals surface area contributed by atoms with Gasteiger partial charge < -0.3 is 4.74 Å². The molecule has 4 nitrogen and oxygen atoms in total. The summed E-state index contributed by atoms with van der Waals surface area (Å²) in [6.45, 7) is 3.01. The Labute approximate surface area is 164 Å². The molecule has 6 rings (SSSR count). The van der Waals surface area contributed by atoms with E-state index in [1.807, 2.05) is 18.2 Å². The number of hydrogen-bond donors (Lipinski definition) is 1. The number of halogens is 1. The van der Waals surface area contributed by atoms with Gasteiger partial charge in [-0.2, -0.15) is 0 Å². The molecule has 0 unspecified atom stereocenters. The zero-order chi connectivity index (χ0) is 19.1. The Bertz CT molecular complexity index is 947. The van der Waals surface area contributed by atoms with Crippen LogP contribution < -0.4 is 5.32 Å². The zero-order valence-electron chi connectivity index (χ0n) is 15.7. The molecular formula is C23H23FN2O2. The van der Waals surface area contributed by atoms with Crippen molar-refractivity contribution in [1.82, 2.24) is 4.90 Å². The lowest BCUT2D eigenvalue weighted by atomic mass is 9.86. The third kappa shape index (κ3) is 3.20. The smallest absolute Gasteiger partial charge is 0.411 e. The second-order valence-corrected chi connectivity index (χ2v) is 7.88. The second-order valence-electron chi connectivity index (χ2n) is 7.88. The molecule has 0 aromatic heterocycles. The first kappa shape index (κ1) is 17.4. The molecule has 0 saturated carbocycles. The Morgan fingerprint density at radius 2 is 1.93 bits per heavy atom. The number of nitrogens with zero attached hydrogens (tertiary/aromatic N) is 1. The molecule has 0 spiro atoms. The third-order valence-electron chi connectivity index (χ3n) is 6.20. The lowest BCUT2D eigenvalue weighted by Crippen LogP contribution is -2.52. The quantitative estimate of drug-likeness (QED) is 0.858. The molecule has 1 aliphatic carbocycles. The van der Waals surface area contributed by atoms with E-state index in [9.17, 15) is 9.18 Å². The number of benzene rings is 2. The maximum Gasteiger partial charge on any atom is 0.411 e. The van der Waals surface area contributed by atoms with Crippen molar-refractivity contribution in [2.24, 2.45) is 5.92 Å². The minimum atomic E-state index is -0.460. The predicted octanol–water partition coefficient (Wildman–Crippen LogP) is 4.46. The van der Waals surface area contributed by atoms with Gasteiger partial charge in [-0.1, -0.05) is 30.3 Å². The maximum atomic E-state index is 14.0. The zero-order valence-corrected chi connectivity index (χ0v) is 15.7. The first-order valence-electron chi connectivity index (χ1n) is 9.96. The van der Waals surface area contributed by atoms with E-state index < -0.39 is 6.09 Å². The van der Waals surface area contributed by atoms with Crippen molar-refractivity contribution in [3.63, 3.8) is 0 Å². The number of carbonyl (C=O) groups excluding carboxylic acids is 1. The van der Waals surface area contributed by atoms with Gasteiger partial charge >= 0.3 is 6.09 Å². The van der Waals surface area contributed by atoms with Crippen LogP contribution in [0.2, 0.25) is 0 Å². The second kappa shape index (κ2) is 7.06. The molecule has 1 atom stereocenters. The summed E-state index contributed by atoms with van der Waals surface area (Å²) < 4.78 is 19.8. The van der Waals surface area contributed by atoms with Crippen LogP contribution in [0.25, 0.3) is 5.57 Å². The van der Waals surface area contributed by atoms with Crippen LogP contribution in [0.5, 0.6) is 0 Å². The number of anilines is 1. The lowest BCUT2D eigenvalue weighted by molar-refractivity contribution is -0.0289. The predicted molar refractivity (Wildman–Crippen MR) is 107 cm³/mol. The summed E-state index contributed by atoms with van der Waals surface area (Å²) >= 11 is 0. The van der Waals surface area contributed by atoms with Gasteiger partial charge in [-0.3, -0.25) is 10.2 Å². The van der Waals surface area contributed by atoms with Crippen LogP contribution in [-0.2, 0) is 11.2 Å². The number of allylic oxidation sites excluding steroid dienone is 1. The third-order valence-corrected chi connectivity index (χ3v) is 6.20. The van der Waals surface area contributed by atoms with Crippen LogP contribution in [-0.4, -0.2) is 36.7 Å². The molecular weight excluding hydrogens is 355 g/mol. The van der Waals surface area contributed by atoms with Gasteiger partial charge in [-0.25, -0.2) is 9.18 Å². The largest absolute Gasteiger partial charge is 0.444 e. The van der Waals surface area contributed by atoms with Crippen molar-refractivity contribution in [1.29, 1.82) is 0 Å². The van der Waals surface area contributed by atoms with E-state index in [0.29, 0.717) is 17.2 Å². The summed E-state index contributed by atoms with van der Waals surface area (Å²) in [5.74, 6) is 0.129. The highest BCUT2D eigenvalue weighted by Gasteiger charge is 2.36. The number of amides is 1. The van der Waals surface area contributed by atoms with E-state index in [1.54, 1.807) is 6.07 Å². The normalized spacial score (nSPS) is 25.2. The van der Waals surface area contributed by atoms with Crippen LogP contribution >= 0.6 is 0 Å². The number of rotatable bonds is 3. The van der Waals surface area contributed by atoms with Crippen LogP contribution in [0.15, 0.2) is 48.5 Å². The highest BCUT2D eigenvalue weighted by atomic mass is 19.1. The average Bonchev–Trinajstić information content (AvgIpc) is 3.14. The number of fused-ring (bicyclic) bond motifs is 4. The number of nitrogens with one attached hydrogen (secondary N) is 1. The van der Waals surface area contributed by atoms with Crippen molar-refractivity contribution >= 4 is 17.4 Å². The summed E-state index contributed by atoms with van der Waals surface area (Å²) in [6.07, 6.45) is 4.55. The van der Waals surface area contributed by atoms with Gasteiger partial charge in [-0.05, 0) is 73.2 Å². The number of hydrogen-bond acceptors (Lipinski definition) is 3. The molecule has 2 bridgehead atoms. The molecule has 2 aromatic rings. The molecule has 3 saturated heterocycles. The number of ether oxygens (including phenoxy) is 1. The Morgan fingerprint density at radius 3 is 2.71 bits per heavy atom. The molecule has 3 fully saturated rings.